The van der Waals surface area contributed by atoms with Gasteiger partial charge in [-0.05, 0) is 37.8 Å². The summed E-state index contributed by atoms with van der Waals surface area (Å²) in [5.74, 6) is 7.79. The first-order valence-corrected chi connectivity index (χ1v) is 6.84. The average Bonchev–Trinajstić information content (AvgIpc) is 2.74. The maximum atomic E-state index is 11.5. The van der Waals surface area contributed by atoms with Gasteiger partial charge in [-0.25, -0.2) is 5.84 Å². The summed E-state index contributed by atoms with van der Waals surface area (Å²) in [7, 11) is 0. The van der Waals surface area contributed by atoms with E-state index in [9.17, 15) is 4.79 Å². The van der Waals surface area contributed by atoms with Crippen LogP contribution in [0.2, 0.25) is 0 Å². The van der Waals surface area contributed by atoms with E-state index in [-0.39, 0.29) is 5.91 Å². The first-order valence-electron chi connectivity index (χ1n) is 6.84. The van der Waals surface area contributed by atoms with Crippen molar-refractivity contribution in [1.82, 2.24) is 10.3 Å². The molecule has 0 bridgehead atoms. The molecule has 1 aliphatic rings. The number of hydrogen-bond donors (Lipinski definition) is 2. The first-order chi connectivity index (χ1) is 9.01. The van der Waals surface area contributed by atoms with E-state index in [2.05, 4.69) is 24.2 Å². The van der Waals surface area contributed by atoms with Crippen LogP contribution in [0.3, 0.4) is 0 Å². The van der Waals surface area contributed by atoms with Crippen molar-refractivity contribution in [3.8, 4) is 0 Å². The smallest absolute Gasteiger partial charge is 0.268 e. The molecule has 5 heteroatoms. The Bertz CT molecular complexity index is 456. The van der Waals surface area contributed by atoms with Crippen LogP contribution in [0.15, 0.2) is 10.5 Å². The lowest BCUT2D eigenvalue weighted by atomic mass is 9.89. The third-order valence-electron chi connectivity index (χ3n) is 4.14. The van der Waals surface area contributed by atoms with E-state index in [1.807, 2.05) is 0 Å². The number of nitrogens with two attached hydrogens (primary N) is 1. The summed E-state index contributed by atoms with van der Waals surface area (Å²) in [4.78, 5) is 13.9. The molecule has 0 aliphatic carbocycles. The van der Waals surface area contributed by atoms with Crippen molar-refractivity contribution in [2.45, 2.75) is 33.7 Å². The SMILES string of the molecule is Cc1oc(CN2CCC(C)C(C)C2)cc1C(=O)NN. The number of hydrazine groups is 1. The number of amides is 1. The molecule has 0 spiro atoms. The van der Waals surface area contributed by atoms with Crippen molar-refractivity contribution >= 4 is 5.91 Å². The van der Waals surface area contributed by atoms with Crippen LogP contribution < -0.4 is 11.3 Å². The Hall–Kier alpha value is -1.33. The number of carbonyl (C=O) groups is 1. The maximum absolute atomic E-state index is 11.5. The van der Waals surface area contributed by atoms with Gasteiger partial charge in [0.25, 0.3) is 5.91 Å². The number of rotatable bonds is 3. The summed E-state index contributed by atoms with van der Waals surface area (Å²) in [5.41, 5.74) is 2.66. The van der Waals surface area contributed by atoms with E-state index in [4.69, 9.17) is 10.3 Å². The molecule has 19 heavy (non-hydrogen) atoms. The minimum atomic E-state index is -0.298. The second kappa shape index (κ2) is 5.75. The van der Waals surface area contributed by atoms with Gasteiger partial charge in [-0.15, -0.1) is 0 Å². The molecular formula is C14H23N3O2. The summed E-state index contributed by atoms with van der Waals surface area (Å²) >= 11 is 0. The lowest BCUT2D eigenvalue weighted by Crippen LogP contribution is -2.37. The molecular weight excluding hydrogens is 242 g/mol. The number of piperidine rings is 1. The number of aryl methyl sites for hydroxylation is 1. The molecule has 1 amide bonds. The highest BCUT2D eigenvalue weighted by molar-refractivity contribution is 5.94. The van der Waals surface area contributed by atoms with E-state index in [0.717, 1.165) is 31.3 Å². The van der Waals surface area contributed by atoms with Crippen LogP contribution in [-0.2, 0) is 6.54 Å². The average molecular weight is 265 g/mol. The zero-order valence-electron chi connectivity index (χ0n) is 11.9. The van der Waals surface area contributed by atoms with Crippen LogP contribution in [0.25, 0.3) is 0 Å². The van der Waals surface area contributed by atoms with E-state index >= 15 is 0 Å². The zero-order chi connectivity index (χ0) is 14.0. The number of nitrogens with zero attached hydrogens (tertiary/aromatic N) is 1. The largest absolute Gasteiger partial charge is 0.464 e. The Morgan fingerprint density at radius 1 is 1.53 bits per heavy atom. The first kappa shape index (κ1) is 14.1. The molecule has 1 aromatic rings. The highest BCUT2D eigenvalue weighted by atomic mass is 16.3. The molecule has 1 aromatic heterocycles. The molecule has 1 aliphatic heterocycles. The van der Waals surface area contributed by atoms with Gasteiger partial charge in [0.05, 0.1) is 12.1 Å². The van der Waals surface area contributed by atoms with Gasteiger partial charge in [0.1, 0.15) is 11.5 Å². The Balaban J connectivity index is 2.02. The maximum Gasteiger partial charge on any atom is 0.268 e. The van der Waals surface area contributed by atoms with Gasteiger partial charge in [-0.3, -0.25) is 15.1 Å². The van der Waals surface area contributed by atoms with Gasteiger partial charge in [0, 0.05) is 6.54 Å². The van der Waals surface area contributed by atoms with Crippen molar-refractivity contribution in [2.24, 2.45) is 17.7 Å². The molecule has 1 saturated heterocycles. The predicted octanol–water partition coefficient (Wildman–Crippen LogP) is 1.67. The van der Waals surface area contributed by atoms with E-state index < -0.39 is 0 Å². The summed E-state index contributed by atoms with van der Waals surface area (Å²) < 4.78 is 5.64. The second-order valence-electron chi connectivity index (χ2n) is 5.63. The Labute approximate surface area is 114 Å². The summed E-state index contributed by atoms with van der Waals surface area (Å²) in [6, 6.07) is 1.79. The highest BCUT2D eigenvalue weighted by Gasteiger charge is 2.24. The number of nitrogens with one attached hydrogen (secondary N) is 1. The second-order valence-corrected chi connectivity index (χ2v) is 5.63. The number of likely N-dealkylation sites (tertiary alicyclic amines) is 1. The van der Waals surface area contributed by atoms with Crippen molar-refractivity contribution in [3.63, 3.8) is 0 Å². The van der Waals surface area contributed by atoms with Crippen LogP contribution in [0, 0.1) is 18.8 Å². The number of furan rings is 1. The topological polar surface area (TPSA) is 71.5 Å². The molecule has 2 rings (SSSR count). The number of carbonyl (C=O) groups excluding carboxylic acids is 1. The molecule has 5 nitrogen and oxygen atoms in total. The van der Waals surface area contributed by atoms with Gasteiger partial charge in [0.15, 0.2) is 0 Å². The predicted molar refractivity (Wildman–Crippen MR) is 73.3 cm³/mol. The molecule has 0 aromatic carbocycles. The van der Waals surface area contributed by atoms with E-state index in [1.54, 1.807) is 13.0 Å². The van der Waals surface area contributed by atoms with Crippen molar-refractivity contribution in [1.29, 1.82) is 0 Å². The fraction of sp³-hybridized carbons (Fsp3) is 0.643. The highest BCUT2D eigenvalue weighted by Crippen LogP contribution is 2.24. The molecule has 0 radical (unpaired) electrons. The summed E-state index contributed by atoms with van der Waals surface area (Å²) in [5, 5.41) is 0. The molecule has 2 unspecified atom stereocenters. The zero-order valence-corrected chi connectivity index (χ0v) is 11.9. The van der Waals surface area contributed by atoms with Crippen LogP contribution in [0.5, 0.6) is 0 Å². The lowest BCUT2D eigenvalue weighted by molar-refractivity contribution is 0.0952. The van der Waals surface area contributed by atoms with Crippen molar-refractivity contribution in [3.05, 3.63) is 23.2 Å². The molecule has 1 fully saturated rings. The quantitative estimate of drug-likeness (QED) is 0.495. The van der Waals surface area contributed by atoms with Gasteiger partial charge in [-0.2, -0.15) is 0 Å². The van der Waals surface area contributed by atoms with Crippen molar-refractivity contribution in [2.75, 3.05) is 13.1 Å². The summed E-state index contributed by atoms with van der Waals surface area (Å²) in [6.45, 7) is 9.31. The fourth-order valence-corrected chi connectivity index (χ4v) is 2.64. The Morgan fingerprint density at radius 3 is 2.89 bits per heavy atom. The molecule has 2 atom stereocenters. The fourth-order valence-electron chi connectivity index (χ4n) is 2.64. The normalized spacial score (nSPS) is 24.4. The number of hydrogen-bond acceptors (Lipinski definition) is 4. The minimum Gasteiger partial charge on any atom is -0.464 e. The van der Waals surface area contributed by atoms with Crippen LogP contribution in [-0.4, -0.2) is 23.9 Å². The van der Waals surface area contributed by atoms with E-state index in [1.165, 1.54) is 6.42 Å². The standard InChI is InChI=1S/C14H23N3O2/c1-9-4-5-17(7-10(9)2)8-12-6-13(11(3)19-12)14(18)16-15/h6,9-10H,4-5,7-8,15H2,1-3H3,(H,16,18). The van der Waals surface area contributed by atoms with Gasteiger partial charge >= 0.3 is 0 Å². The molecule has 2 heterocycles. The Kier molecular flexibility index (Phi) is 4.27. The Morgan fingerprint density at radius 2 is 2.26 bits per heavy atom. The van der Waals surface area contributed by atoms with Gasteiger partial charge in [-0.1, -0.05) is 13.8 Å². The number of nitrogen functional groups attached to an aromatic ring is 1. The third kappa shape index (κ3) is 3.16. The lowest BCUT2D eigenvalue weighted by Gasteiger charge is -2.34. The minimum absolute atomic E-state index is 0.298. The summed E-state index contributed by atoms with van der Waals surface area (Å²) in [6.07, 6.45) is 1.22. The van der Waals surface area contributed by atoms with Gasteiger partial charge < -0.3 is 4.42 Å². The van der Waals surface area contributed by atoms with Crippen LogP contribution >= 0.6 is 0 Å². The monoisotopic (exact) mass is 265 g/mol. The van der Waals surface area contributed by atoms with Crippen LogP contribution in [0.4, 0.5) is 0 Å². The van der Waals surface area contributed by atoms with Gasteiger partial charge in [0.2, 0.25) is 0 Å². The van der Waals surface area contributed by atoms with Crippen LogP contribution in [0.1, 0.15) is 42.1 Å². The molecule has 3 N–H and O–H groups in total. The third-order valence-corrected chi connectivity index (χ3v) is 4.14. The van der Waals surface area contributed by atoms with Crippen molar-refractivity contribution < 1.29 is 9.21 Å². The molecule has 106 valence electrons. The molecule has 0 saturated carbocycles. The van der Waals surface area contributed by atoms with E-state index in [0.29, 0.717) is 17.2 Å².